The summed E-state index contributed by atoms with van der Waals surface area (Å²) in [5.74, 6) is -0.384. The van der Waals surface area contributed by atoms with Crippen molar-refractivity contribution in [3.63, 3.8) is 0 Å². The predicted molar refractivity (Wildman–Crippen MR) is 99.7 cm³/mol. The van der Waals surface area contributed by atoms with Crippen molar-refractivity contribution in [2.24, 2.45) is 0 Å². The van der Waals surface area contributed by atoms with Crippen LogP contribution in [0.2, 0.25) is 0 Å². The highest BCUT2D eigenvalue weighted by Gasteiger charge is 2.34. The third kappa shape index (κ3) is 5.03. The summed E-state index contributed by atoms with van der Waals surface area (Å²) in [5, 5.41) is 9.75. The van der Waals surface area contributed by atoms with E-state index in [4.69, 9.17) is 4.74 Å². The molecule has 1 aliphatic rings. The van der Waals surface area contributed by atoms with Crippen molar-refractivity contribution in [3.8, 4) is 5.69 Å². The molecule has 0 aliphatic carbocycles. The fourth-order valence-electron chi connectivity index (χ4n) is 3.04. The maximum atomic E-state index is 13.6. The summed E-state index contributed by atoms with van der Waals surface area (Å²) in [5.41, 5.74) is 0.994. The molecule has 6 nitrogen and oxygen atoms in total. The predicted octanol–water partition coefficient (Wildman–Crippen LogP) is 2.53. The first-order chi connectivity index (χ1) is 12.8. The Labute approximate surface area is 166 Å². The molecule has 0 spiro atoms. The highest BCUT2D eigenvalue weighted by atomic mass is 35.5. The van der Waals surface area contributed by atoms with Gasteiger partial charge in [0.2, 0.25) is 5.91 Å². The summed E-state index contributed by atoms with van der Waals surface area (Å²) in [4.78, 5) is 12.1. The van der Waals surface area contributed by atoms with Gasteiger partial charge in [-0.15, -0.1) is 12.4 Å². The number of hydrogen-bond donors (Lipinski definition) is 2. The molecule has 2 aromatic rings. The first-order valence-corrected chi connectivity index (χ1v) is 8.58. The van der Waals surface area contributed by atoms with E-state index in [2.05, 4.69) is 15.7 Å². The van der Waals surface area contributed by atoms with Gasteiger partial charge in [0.25, 0.3) is 0 Å². The fourth-order valence-corrected chi connectivity index (χ4v) is 3.04. The van der Waals surface area contributed by atoms with Crippen molar-refractivity contribution in [3.05, 3.63) is 46.8 Å². The van der Waals surface area contributed by atoms with Crippen molar-refractivity contribution < 1.29 is 22.7 Å². The van der Waals surface area contributed by atoms with Crippen LogP contribution in [-0.4, -0.2) is 41.5 Å². The van der Waals surface area contributed by atoms with Crippen LogP contribution in [0.1, 0.15) is 22.5 Å². The van der Waals surface area contributed by atoms with E-state index < -0.39 is 17.8 Å². The Balaban J connectivity index is 0.00000280. The number of nitrogens with zero attached hydrogens (tertiary/aromatic N) is 2. The maximum Gasteiger partial charge on any atom is 0.416 e. The first-order valence-electron chi connectivity index (χ1n) is 8.58. The molecule has 1 unspecified atom stereocenters. The second kappa shape index (κ2) is 8.93. The number of ether oxygens (including phenoxy) is 1. The zero-order valence-corrected chi connectivity index (χ0v) is 16.3. The molecule has 0 saturated carbocycles. The van der Waals surface area contributed by atoms with Gasteiger partial charge in [0, 0.05) is 18.8 Å². The van der Waals surface area contributed by atoms with E-state index in [1.165, 1.54) is 10.7 Å². The van der Waals surface area contributed by atoms with Gasteiger partial charge in [-0.2, -0.15) is 18.3 Å². The van der Waals surface area contributed by atoms with Crippen molar-refractivity contribution >= 4 is 18.3 Å². The molecular formula is C18H22ClF3N4O2. The van der Waals surface area contributed by atoms with Crippen LogP contribution in [0.4, 0.5) is 13.2 Å². The maximum absolute atomic E-state index is 13.6. The fraction of sp³-hybridized carbons (Fsp3) is 0.444. The first kappa shape index (κ1) is 22.2. The van der Waals surface area contributed by atoms with E-state index in [1.54, 1.807) is 26.0 Å². The molecule has 10 heteroatoms. The Morgan fingerprint density at radius 1 is 1.36 bits per heavy atom. The summed E-state index contributed by atoms with van der Waals surface area (Å²) in [6.07, 6.45) is -4.54. The third-order valence-electron chi connectivity index (χ3n) is 4.34. The quantitative estimate of drug-likeness (QED) is 0.800. The van der Waals surface area contributed by atoms with E-state index in [1.807, 2.05) is 0 Å². The molecule has 1 aromatic heterocycles. The second-order valence-electron chi connectivity index (χ2n) is 6.48. The molecule has 1 aromatic carbocycles. The smallest absolute Gasteiger partial charge is 0.378 e. The number of amides is 1. The molecule has 3 rings (SSSR count). The van der Waals surface area contributed by atoms with Crippen molar-refractivity contribution in [1.29, 1.82) is 0 Å². The van der Waals surface area contributed by atoms with Gasteiger partial charge in [0.05, 0.1) is 30.2 Å². The summed E-state index contributed by atoms with van der Waals surface area (Å²) in [7, 11) is 0. The Bertz CT molecular complexity index is 833. The number of rotatable bonds is 4. The van der Waals surface area contributed by atoms with Gasteiger partial charge >= 0.3 is 6.18 Å². The number of nitrogens with one attached hydrogen (secondary N) is 2. The van der Waals surface area contributed by atoms with Crippen LogP contribution in [0.5, 0.6) is 0 Å². The van der Waals surface area contributed by atoms with E-state index in [-0.39, 0.29) is 37.0 Å². The van der Waals surface area contributed by atoms with Gasteiger partial charge in [0.15, 0.2) is 0 Å². The number of benzene rings is 1. The highest BCUT2D eigenvalue weighted by Crippen LogP contribution is 2.33. The normalized spacial score (nSPS) is 17.1. The highest BCUT2D eigenvalue weighted by molar-refractivity contribution is 5.85. The molecule has 0 bridgehead atoms. The van der Waals surface area contributed by atoms with Crippen LogP contribution < -0.4 is 10.6 Å². The van der Waals surface area contributed by atoms with Crippen LogP contribution in [0.25, 0.3) is 5.69 Å². The summed E-state index contributed by atoms with van der Waals surface area (Å²) < 4.78 is 47.3. The zero-order chi connectivity index (χ0) is 19.6. The molecule has 1 saturated heterocycles. The van der Waals surface area contributed by atoms with Crippen LogP contribution in [0, 0.1) is 13.8 Å². The Morgan fingerprint density at radius 3 is 2.68 bits per heavy atom. The summed E-state index contributed by atoms with van der Waals surface area (Å²) >= 11 is 0. The Hall–Kier alpha value is -2.10. The monoisotopic (exact) mass is 418 g/mol. The molecule has 1 amide bonds. The van der Waals surface area contributed by atoms with Gasteiger partial charge in [-0.3, -0.25) is 4.79 Å². The summed E-state index contributed by atoms with van der Waals surface area (Å²) in [6, 6.07) is 5.24. The van der Waals surface area contributed by atoms with E-state index in [0.717, 1.165) is 17.5 Å². The average molecular weight is 419 g/mol. The zero-order valence-electron chi connectivity index (χ0n) is 15.5. The molecule has 2 N–H and O–H groups in total. The number of alkyl halides is 3. The average Bonchev–Trinajstić information content (AvgIpc) is 2.97. The lowest BCUT2D eigenvalue weighted by molar-refractivity contribution is -0.138. The number of carbonyl (C=O) groups is 1. The SMILES string of the molecule is Cc1cc(C)n(-c2ccc(CNC(=O)C3COCCN3)c(C(F)(F)F)c2)n1.Cl. The van der Waals surface area contributed by atoms with Gasteiger partial charge in [0.1, 0.15) is 6.04 Å². The standard InChI is InChI=1S/C18H21F3N4O2.ClH/c1-11-7-12(2)25(24-11)14-4-3-13(15(8-14)18(19,20)21)9-23-17(26)16-10-27-6-5-22-16;/h3-4,7-8,16,22H,5-6,9-10H2,1-2H3,(H,23,26);1H. The number of hydrogen-bond acceptors (Lipinski definition) is 4. The number of halogens is 4. The lowest BCUT2D eigenvalue weighted by Gasteiger charge is -2.23. The van der Waals surface area contributed by atoms with Gasteiger partial charge in [-0.25, -0.2) is 4.68 Å². The molecule has 0 radical (unpaired) electrons. The molecule has 1 aliphatic heterocycles. The largest absolute Gasteiger partial charge is 0.416 e. The lowest BCUT2D eigenvalue weighted by Crippen LogP contribution is -2.51. The van der Waals surface area contributed by atoms with Gasteiger partial charge < -0.3 is 15.4 Å². The van der Waals surface area contributed by atoms with E-state index >= 15 is 0 Å². The molecule has 1 fully saturated rings. The van der Waals surface area contributed by atoms with Crippen LogP contribution in [0.15, 0.2) is 24.3 Å². The number of aromatic nitrogens is 2. The minimum Gasteiger partial charge on any atom is -0.378 e. The lowest BCUT2D eigenvalue weighted by atomic mass is 10.1. The van der Waals surface area contributed by atoms with Crippen molar-refractivity contribution in [1.82, 2.24) is 20.4 Å². The second-order valence-corrected chi connectivity index (χ2v) is 6.48. The Kier molecular flexibility index (Phi) is 7.08. The van der Waals surface area contributed by atoms with Gasteiger partial charge in [-0.1, -0.05) is 6.07 Å². The molecular weight excluding hydrogens is 397 g/mol. The molecule has 154 valence electrons. The Morgan fingerprint density at radius 2 is 2.11 bits per heavy atom. The molecule has 28 heavy (non-hydrogen) atoms. The van der Waals surface area contributed by atoms with Crippen LogP contribution >= 0.6 is 12.4 Å². The summed E-state index contributed by atoms with van der Waals surface area (Å²) in [6.45, 7) is 4.58. The topological polar surface area (TPSA) is 68.2 Å². The number of carbonyl (C=O) groups excluding carboxylic acids is 1. The van der Waals surface area contributed by atoms with Crippen LogP contribution in [-0.2, 0) is 22.3 Å². The molecule has 2 heterocycles. The van der Waals surface area contributed by atoms with E-state index in [9.17, 15) is 18.0 Å². The third-order valence-corrected chi connectivity index (χ3v) is 4.34. The van der Waals surface area contributed by atoms with Crippen molar-refractivity contribution in [2.45, 2.75) is 32.6 Å². The van der Waals surface area contributed by atoms with E-state index in [0.29, 0.717) is 18.8 Å². The van der Waals surface area contributed by atoms with Gasteiger partial charge in [-0.05, 0) is 37.6 Å². The number of aryl methyl sites for hydroxylation is 2. The van der Waals surface area contributed by atoms with Crippen LogP contribution in [0.3, 0.4) is 0 Å². The molecule has 1 atom stereocenters. The number of morpholine rings is 1. The minimum absolute atomic E-state index is 0. The minimum atomic E-state index is -4.54. The van der Waals surface area contributed by atoms with Crippen molar-refractivity contribution in [2.75, 3.05) is 19.8 Å².